The minimum Gasteiger partial charge on any atom is -0.495 e. The quantitative estimate of drug-likeness (QED) is 0.879. The summed E-state index contributed by atoms with van der Waals surface area (Å²) in [6.07, 6.45) is 2.46. The molecule has 1 saturated carbocycles. The molecule has 88 valence electrons. The van der Waals surface area contributed by atoms with E-state index >= 15 is 0 Å². The number of nitrogens with one attached hydrogen (secondary N) is 1. The van der Waals surface area contributed by atoms with Crippen LogP contribution in [0.2, 0.25) is 5.02 Å². The molecule has 1 aliphatic rings. The molecular weight excluding hydrogens is 226 g/mol. The third kappa shape index (κ3) is 2.42. The smallest absolute Gasteiger partial charge is 0.142 e. The van der Waals surface area contributed by atoms with Crippen LogP contribution >= 0.6 is 11.6 Å². The Kier molecular flexibility index (Phi) is 3.56. The third-order valence-electron chi connectivity index (χ3n) is 2.95. The first kappa shape index (κ1) is 11.6. The minimum atomic E-state index is 0.391. The van der Waals surface area contributed by atoms with E-state index in [0.29, 0.717) is 17.2 Å². The van der Waals surface area contributed by atoms with E-state index in [1.54, 1.807) is 14.2 Å². The fourth-order valence-electron chi connectivity index (χ4n) is 1.89. The zero-order chi connectivity index (χ0) is 11.5. The zero-order valence-corrected chi connectivity index (χ0v) is 10.3. The van der Waals surface area contributed by atoms with E-state index in [4.69, 9.17) is 21.1 Å². The van der Waals surface area contributed by atoms with E-state index in [-0.39, 0.29) is 0 Å². The summed E-state index contributed by atoms with van der Waals surface area (Å²) >= 11 is 5.95. The van der Waals surface area contributed by atoms with Gasteiger partial charge in [0.25, 0.3) is 0 Å². The van der Waals surface area contributed by atoms with Crippen LogP contribution in [-0.4, -0.2) is 26.4 Å². The van der Waals surface area contributed by atoms with Crippen LogP contribution < -0.4 is 10.1 Å². The van der Waals surface area contributed by atoms with E-state index < -0.39 is 0 Å². The second-order valence-electron chi connectivity index (χ2n) is 4.01. The summed E-state index contributed by atoms with van der Waals surface area (Å²) < 4.78 is 10.5. The molecule has 1 aromatic carbocycles. The lowest BCUT2D eigenvalue weighted by atomic mass is 9.89. The van der Waals surface area contributed by atoms with Crippen molar-refractivity contribution >= 4 is 17.3 Å². The van der Waals surface area contributed by atoms with Crippen molar-refractivity contribution < 1.29 is 9.47 Å². The molecular formula is C12H16ClNO2. The molecule has 4 heteroatoms. The number of benzene rings is 1. The summed E-state index contributed by atoms with van der Waals surface area (Å²) in [4.78, 5) is 0. The molecule has 0 atom stereocenters. The van der Waals surface area contributed by atoms with Crippen molar-refractivity contribution in [2.45, 2.75) is 25.0 Å². The highest BCUT2D eigenvalue weighted by Crippen LogP contribution is 2.32. The largest absolute Gasteiger partial charge is 0.495 e. The van der Waals surface area contributed by atoms with Crippen molar-refractivity contribution in [3.8, 4) is 5.75 Å². The van der Waals surface area contributed by atoms with Gasteiger partial charge < -0.3 is 14.8 Å². The summed E-state index contributed by atoms with van der Waals surface area (Å²) in [5, 5.41) is 4.13. The van der Waals surface area contributed by atoms with E-state index in [1.165, 1.54) is 0 Å². The Morgan fingerprint density at radius 3 is 2.69 bits per heavy atom. The number of hydrogen-bond donors (Lipinski definition) is 1. The van der Waals surface area contributed by atoms with E-state index in [0.717, 1.165) is 24.3 Å². The predicted molar refractivity (Wildman–Crippen MR) is 65.4 cm³/mol. The third-order valence-corrected chi connectivity index (χ3v) is 3.18. The van der Waals surface area contributed by atoms with Gasteiger partial charge in [0, 0.05) is 18.2 Å². The molecule has 1 fully saturated rings. The monoisotopic (exact) mass is 241 g/mol. The summed E-state index contributed by atoms with van der Waals surface area (Å²) in [6.45, 7) is 0. The van der Waals surface area contributed by atoms with Crippen molar-refractivity contribution in [3.05, 3.63) is 23.2 Å². The normalized spacial score (nSPS) is 23.7. The van der Waals surface area contributed by atoms with Crippen LogP contribution in [0.15, 0.2) is 18.2 Å². The number of hydrogen-bond acceptors (Lipinski definition) is 3. The Labute approximate surface area is 101 Å². The Balaban J connectivity index is 2.01. The zero-order valence-electron chi connectivity index (χ0n) is 9.50. The molecule has 3 nitrogen and oxygen atoms in total. The van der Waals surface area contributed by atoms with Crippen molar-refractivity contribution in [3.63, 3.8) is 0 Å². The van der Waals surface area contributed by atoms with Crippen LogP contribution in [0.25, 0.3) is 0 Å². The first-order valence-corrected chi connectivity index (χ1v) is 5.73. The second kappa shape index (κ2) is 4.93. The number of rotatable bonds is 4. The molecule has 0 radical (unpaired) electrons. The van der Waals surface area contributed by atoms with Gasteiger partial charge >= 0.3 is 0 Å². The standard InChI is InChI=1S/C12H16ClNO2/c1-15-10-6-9(7-10)14-11-5-8(13)3-4-12(11)16-2/h3-5,9-10,14H,6-7H2,1-2H3. The highest BCUT2D eigenvalue weighted by atomic mass is 35.5. The van der Waals surface area contributed by atoms with Crippen molar-refractivity contribution in [1.82, 2.24) is 0 Å². The Morgan fingerprint density at radius 1 is 1.31 bits per heavy atom. The van der Waals surface area contributed by atoms with Gasteiger partial charge in [-0.2, -0.15) is 0 Å². The Bertz CT molecular complexity index is 364. The Hall–Kier alpha value is -0.930. The second-order valence-corrected chi connectivity index (χ2v) is 4.45. The van der Waals surface area contributed by atoms with Gasteiger partial charge in [0.2, 0.25) is 0 Å². The summed E-state index contributed by atoms with van der Waals surface area (Å²) in [5.74, 6) is 0.824. The van der Waals surface area contributed by atoms with Crippen LogP contribution in [0.5, 0.6) is 5.75 Å². The molecule has 0 spiro atoms. The van der Waals surface area contributed by atoms with Crippen LogP contribution in [-0.2, 0) is 4.74 Å². The first-order valence-electron chi connectivity index (χ1n) is 5.36. The average molecular weight is 242 g/mol. The number of methoxy groups -OCH3 is 2. The van der Waals surface area contributed by atoms with E-state index in [2.05, 4.69) is 5.32 Å². The number of ether oxygens (including phenoxy) is 2. The van der Waals surface area contributed by atoms with E-state index in [1.807, 2.05) is 18.2 Å². The Morgan fingerprint density at radius 2 is 2.06 bits per heavy atom. The molecule has 1 aliphatic carbocycles. The van der Waals surface area contributed by atoms with Crippen LogP contribution in [0.1, 0.15) is 12.8 Å². The molecule has 0 bridgehead atoms. The van der Waals surface area contributed by atoms with Crippen LogP contribution in [0, 0.1) is 0 Å². The topological polar surface area (TPSA) is 30.5 Å². The minimum absolute atomic E-state index is 0.391. The lowest BCUT2D eigenvalue weighted by Gasteiger charge is -2.35. The molecule has 0 saturated heterocycles. The molecule has 1 N–H and O–H groups in total. The molecule has 0 aliphatic heterocycles. The fourth-order valence-corrected chi connectivity index (χ4v) is 2.06. The van der Waals surface area contributed by atoms with Gasteiger partial charge in [-0.1, -0.05) is 11.6 Å². The molecule has 1 aromatic rings. The highest BCUT2D eigenvalue weighted by molar-refractivity contribution is 6.30. The SMILES string of the molecule is COc1ccc(Cl)cc1NC1CC(OC)C1. The van der Waals surface area contributed by atoms with Gasteiger partial charge in [0.1, 0.15) is 5.75 Å². The molecule has 0 aromatic heterocycles. The first-order chi connectivity index (χ1) is 7.72. The van der Waals surface area contributed by atoms with Gasteiger partial charge in [-0.15, -0.1) is 0 Å². The molecule has 2 rings (SSSR count). The van der Waals surface area contributed by atoms with E-state index in [9.17, 15) is 0 Å². The predicted octanol–water partition coefficient (Wildman–Crippen LogP) is 2.94. The van der Waals surface area contributed by atoms with Crippen molar-refractivity contribution in [2.24, 2.45) is 0 Å². The van der Waals surface area contributed by atoms with Gasteiger partial charge in [-0.3, -0.25) is 0 Å². The van der Waals surface area contributed by atoms with Gasteiger partial charge in [-0.25, -0.2) is 0 Å². The number of anilines is 1. The van der Waals surface area contributed by atoms with Gasteiger partial charge in [-0.05, 0) is 31.0 Å². The fraction of sp³-hybridized carbons (Fsp3) is 0.500. The van der Waals surface area contributed by atoms with Gasteiger partial charge in [0.05, 0.1) is 18.9 Å². The summed E-state index contributed by atoms with van der Waals surface area (Å²) in [5.41, 5.74) is 0.953. The summed E-state index contributed by atoms with van der Waals surface area (Å²) in [6, 6.07) is 6.04. The maximum atomic E-state index is 5.95. The molecule has 0 amide bonds. The van der Waals surface area contributed by atoms with Crippen LogP contribution in [0.3, 0.4) is 0 Å². The van der Waals surface area contributed by atoms with Gasteiger partial charge in [0.15, 0.2) is 0 Å². The van der Waals surface area contributed by atoms with Crippen molar-refractivity contribution in [1.29, 1.82) is 0 Å². The summed E-state index contributed by atoms with van der Waals surface area (Å²) in [7, 11) is 3.41. The lowest BCUT2D eigenvalue weighted by molar-refractivity contribution is 0.0328. The molecule has 0 unspecified atom stereocenters. The number of halogens is 1. The lowest BCUT2D eigenvalue weighted by Crippen LogP contribution is -2.40. The van der Waals surface area contributed by atoms with Crippen molar-refractivity contribution in [2.75, 3.05) is 19.5 Å². The average Bonchev–Trinajstić information content (AvgIpc) is 2.23. The highest BCUT2D eigenvalue weighted by Gasteiger charge is 2.29. The maximum Gasteiger partial charge on any atom is 0.142 e. The maximum absolute atomic E-state index is 5.95. The molecule has 16 heavy (non-hydrogen) atoms. The van der Waals surface area contributed by atoms with Crippen LogP contribution in [0.4, 0.5) is 5.69 Å². The molecule has 0 heterocycles.